The fourth-order valence-corrected chi connectivity index (χ4v) is 2.18. The van der Waals surface area contributed by atoms with Gasteiger partial charge in [-0.1, -0.05) is 12.5 Å². The highest BCUT2D eigenvalue weighted by atomic mass is 16.2. The van der Waals surface area contributed by atoms with Crippen LogP contribution in [-0.4, -0.2) is 28.9 Å². The molecule has 18 heavy (non-hydrogen) atoms. The molecule has 1 heterocycles. The maximum Gasteiger partial charge on any atom is 0.272 e. The van der Waals surface area contributed by atoms with Crippen molar-refractivity contribution < 1.29 is 4.79 Å². The Morgan fingerprint density at radius 3 is 2.72 bits per heavy atom. The summed E-state index contributed by atoms with van der Waals surface area (Å²) in [6.45, 7) is 4.09. The van der Waals surface area contributed by atoms with Crippen molar-refractivity contribution in [3.63, 3.8) is 0 Å². The SMILES string of the molecule is CCN(CC1CCC1)C(=O)c1ccc(CN)cn1. The quantitative estimate of drug-likeness (QED) is 0.863. The molecular weight excluding hydrogens is 226 g/mol. The topological polar surface area (TPSA) is 59.2 Å². The maximum atomic E-state index is 12.3. The van der Waals surface area contributed by atoms with Gasteiger partial charge in [-0.05, 0) is 37.3 Å². The van der Waals surface area contributed by atoms with Crippen LogP contribution in [0.15, 0.2) is 18.3 Å². The molecule has 0 aromatic carbocycles. The molecule has 2 N–H and O–H groups in total. The molecule has 1 amide bonds. The molecule has 0 aliphatic heterocycles. The number of amides is 1. The molecule has 0 bridgehead atoms. The minimum Gasteiger partial charge on any atom is -0.337 e. The Labute approximate surface area is 108 Å². The number of pyridine rings is 1. The van der Waals surface area contributed by atoms with Crippen molar-refractivity contribution in [3.8, 4) is 0 Å². The van der Waals surface area contributed by atoms with E-state index in [0.29, 0.717) is 18.2 Å². The lowest BCUT2D eigenvalue weighted by Crippen LogP contribution is -2.37. The molecule has 0 unspecified atom stereocenters. The van der Waals surface area contributed by atoms with Crippen molar-refractivity contribution in [1.29, 1.82) is 0 Å². The highest BCUT2D eigenvalue weighted by Gasteiger charge is 2.23. The third-order valence-corrected chi connectivity index (χ3v) is 3.65. The van der Waals surface area contributed by atoms with Gasteiger partial charge in [0.2, 0.25) is 0 Å². The summed E-state index contributed by atoms with van der Waals surface area (Å²) < 4.78 is 0. The Bertz CT molecular complexity index is 398. The van der Waals surface area contributed by atoms with Gasteiger partial charge in [-0.25, -0.2) is 0 Å². The second-order valence-corrected chi connectivity index (χ2v) is 4.90. The first-order valence-corrected chi connectivity index (χ1v) is 6.69. The van der Waals surface area contributed by atoms with Crippen LogP contribution in [0.2, 0.25) is 0 Å². The predicted octanol–water partition coefficient (Wildman–Crippen LogP) is 1.80. The Hall–Kier alpha value is -1.42. The molecule has 4 heteroatoms. The van der Waals surface area contributed by atoms with Crippen molar-refractivity contribution in [2.45, 2.75) is 32.7 Å². The lowest BCUT2D eigenvalue weighted by Gasteiger charge is -2.31. The van der Waals surface area contributed by atoms with E-state index >= 15 is 0 Å². The van der Waals surface area contributed by atoms with E-state index in [1.165, 1.54) is 19.3 Å². The number of aromatic nitrogens is 1. The summed E-state index contributed by atoms with van der Waals surface area (Å²) in [7, 11) is 0. The van der Waals surface area contributed by atoms with Crippen molar-refractivity contribution in [1.82, 2.24) is 9.88 Å². The fraction of sp³-hybridized carbons (Fsp3) is 0.571. The number of nitrogens with zero attached hydrogens (tertiary/aromatic N) is 2. The zero-order chi connectivity index (χ0) is 13.0. The van der Waals surface area contributed by atoms with E-state index in [0.717, 1.165) is 18.7 Å². The Balaban J connectivity index is 2.02. The fourth-order valence-electron chi connectivity index (χ4n) is 2.18. The van der Waals surface area contributed by atoms with Gasteiger partial charge in [-0.3, -0.25) is 9.78 Å². The van der Waals surface area contributed by atoms with Crippen molar-refractivity contribution in [2.75, 3.05) is 13.1 Å². The zero-order valence-corrected chi connectivity index (χ0v) is 10.9. The van der Waals surface area contributed by atoms with E-state index in [-0.39, 0.29) is 5.91 Å². The summed E-state index contributed by atoms with van der Waals surface area (Å²) in [6, 6.07) is 3.64. The molecule has 0 atom stereocenters. The van der Waals surface area contributed by atoms with Crippen LogP contribution in [0.4, 0.5) is 0 Å². The first-order chi connectivity index (χ1) is 8.74. The van der Waals surface area contributed by atoms with Crippen molar-refractivity contribution in [3.05, 3.63) is 29.6 Å². The standard InChI is InChI=1S/C14H21N3O/c1-2-17(10-11-4-3-5-11)14(18)13-7-6-12(8-15)9-16-13/h6-7,9,11H,2-5,8,10,15H2,1H3. The normalized spacial score (nSPS) is 15.2. The summed E-state index contributed by atoms with van der Waals surface area (Å²) in [6.07, 6.45) is 5.50. The van der Waals surface area contributed by atoms with Crippen LogP contribution in [0.25, 0.3) is 0 Å². The average Bonchev–Trinajstić information content (AvgIpc) is 2.37. The molecule has 0 radical (unpaired) electrons. The summed E-state index contributed by atoms with van der Waals surface area (Å²) in [5.41, 5.74) is 6.99. The highest BCUT2D eigenvalue weighted by Crippen LogP contribution is 2.27. The molecule has 1 aromatic rings. The van der Waals surface area contributed by atoms with E-state index in [1.54, 1.807) is 12.3 Å². The van der Waals surface area contributed by atoms with Crippen LogP contribution in [-0.2, 0) is 6.54 Å². The second-order valence-electron chi connectivity index (χ2n) is 4.90. The largest absolute Gasteiger partial charge is 0.337 e. The smallest absolute Gasteiger partial charge is 0.272 e. The first-order valence-electron chi connectivity index (χ1n) is 6.69. The summed E-state index contributed by atoms with van der Waals surface area (Å²) in [4.78, 5) is 18.4. The monoisotopic (exact) mass is 247 g/mol. The third-order valence-electron chi connectivity index (χ3n) is 3.65. The molecule has 4 nitrogen and oxygen atoms in total. The molecular formula is C14H21N3O. The molecule has 0 saturated heterocycles. The van der Waals surface area contributed by atoms with Gasteiger partial charge in [0.05, 0.1) is 0 Å². The number of hydrogen-bond acceptors (Lipinski definition) is 3. The highest BCUT2D eigenvalue weighted by molar-refractivity contribution is 5.92. The summed E-state index contributed by atoms with van der Waals surface area (Å²) in [5, 5.41) is 0. The predicted molar refractivity (Wildman–Crippen MR) is 71.0 cm³/mol. The Morgan fingerprint density at radius 2 is 2.28 bits per heavy atom. The molecule has 1 aliphatic rings. The lowest BCUT2D eigenvalue weighted by molar-refractivity contribution is 0.0700. The molecule has 1 aromatic heterocycles. The molecule has 98 valence electrons. The van der Waals surface area contributed by atoms with Crippen LogP contribution in [0.3, 0.4) is 0 Å². The second kappa shape index (κ2) is 5.96. The zero-order valence-electron chi connectivity index (χ0n) is 10.9. The van der Waals surface area contributed by atoms with Gasteiger partial charge in [0, 0.05) is 25.8 Å². The van der Waals surface area contributed by atoms with Gasteiger partial charge in [0.15, 0.2) is 0 Å². The van der Waals surface area contributed by atoms with Crippen LogP contribution in [0.1, 0.15) is 42.2 Å². The average molecular weight is 247 g/mol. The van der Waals surface area contributed by atoms with Crippen molar-refractivity contribution in [2.24, 2.45) is 11.7 Å². The van der Waals surface area contributed by atoms with Crippen LogP contribution in [0, 0.1) is 5.92 Å². The van der Waals surface area contributed by atoms with E-state index in [9.17, 15) is 4.79 Å². The van der Waals surface area contributed by atoms with E-state index in [1.807, 2.05) is 17.9 Å². The molecule has 0 spiro atoms. The molecule has 1 saturated carbocycles. The molecule has 1 aliphatic carbocycles. The Morgan fingerprint density at radius 1 is 1.50 bits per heavy atom. The number of carbonyl (C=O) groups excluding carboxylic acids is 1. The van der Waals surface area contributed by atoms with Gasteiger partial charge >= 0.3 is 0 Å². The van der Waals surface area contributed by atoms with Crippen LogP contribution < -0.4 is 5.73 Å². The van der Waals surface area contributed by atoms with E-state index < -0.39 is 0 Å². The Kier molecular flexibility index (Phi) is 4.31. The van der Waals surface area contributed by atoms with Gasteiger partial charge in [0.1, 0.15) is 5.69 Å². The van der Waals surface area contributed by atoms with Gasteiger partial charge in [-0.2, -0.15) is 0 Å². The number of rotatable bonds is 5. The van der Waals surface area contributed by atoms with E-state index in [2.05, 4.69) is 4.98 Å². The van der Waals surface area contributed by atoms with Crippen LogP contribution >= 0.6 is 0 Å². The molecule has 2 rings (SSSR count). The first kappa shape index (κ1) is 13.0. The maximum absolute atomic E-state index is 12.3. The minimum atomic E-state index is 0.0352. The summed E-state index contributed by atoms with van der Waals surface area (Å²) >= 11 is 0. The number of hydrogen-bond donors (Lipinski definition) is 1. The number of nitrogens with two attached hydrogens (primary N) is 1. The van der Waals surface area contributed by atoms with Gasteiger partial charge < -0.3 is 10.6 Å². The molecule has 1 fully saturated rings. The summed E-state index contributed by atoms with van der Waals surface area (Å²) in [5.74, 6) is 0.727. The minimum absolute atomic E-state index is 0.0352. The van der Waals surface area contributed by atoms with Crippen LogP contribution in [0.5, 0.6) is 0 Å². The van der Waals surface area contributed by atoms with E-state index in [4.69, 9.17) is 5.73 Å². The third kappa shape index (κ3) is 2.88. The van der Waals surface area contributed by atoms with Gasteiger partial charge in [-0.15, -0.1) is 0 Å². The van der Waals surface area contributed by atoms with Gasteiger partial charge in [0.25, 0.3) is 5.91 Å². The lowest BCUT2D eigenvalue weighted by atomic mass is 9.85. The number of carbonyl (C=O) groups is 1. The van der Waals surface area contributed by atoms with Crippen molar-refractivity contribution >= 4 is 5.91 Å².